The van der Waals surface area contributed by atoms with E-state index in [1.165, 1.54) is 6.07 Å². The van der Waals surface area contributed by atoms with E-state index in [9.17, 15) is 13.2 Å². The van der Waals surface area contributed by atoms with Crippen molar-refractivity contribution in [3.05, 3.63) is 23.8 Å². The van der Waals surface area contributed by atoms with Crippen molar-refractivity contribution in [1.29, 1.82) is 0 Å². The predicted molar refractivity (Wildman–Crippen MR) is 90.1 cm³/mol. The molecule has 130 valence electrons. The topological polar surface area (TPSA) is 75.7 Å². The molecule has 0 saturated heterocycles. The summed E-state index contributed by atoms with van der Waals surface area (Å²) in [6, 6.07) is 3.84. The van der Waals surface area contributed by atoms with Crippen molar-refractivity contribution in [3.8, 4) is 5.75 Å². The van der Waals surface area contributed by atoms with Crippen molar-refractivity contribution < 1.29 is 17.9 Å². The fourth-order valence-corrected chi connectivity index (χ4v) is 3.55. The van der Waals surface area contributed by atoms with E-state index in [2.05, 4.69) is 4.72 Å². The Kier molecular flexibility index (Phi) is 7.02. The number of nitrogens with zero attached hydrogens (tertiary/aromatic N) is 1. The number of rotatable bonds is 8. The molecule has 1 aromatic carbocycles. The van der Waals surface area contributed by atoms with Crippen molar-refractivity contribution >= 4 is 15.9 Å². The van der Waals surface area contributed by atoms with Crippen molar-refractivity contribution in [2.24, 2.45) is 0 Å². The van der Waals surface area contributed by atoms with E-state index in [0.717, 1.165) is 5.56 Å². The number of hydrogen-bond acceptors (Lipinski definition) is 4. The molecule has 0 fully saturated rings. The molecule has 0 heterocycles. The minimum Gasteiger partial charge on any atom is -0.494 e. The van der Waals surface area contributed by atoms with Crippen LogP contribution in [-0.2, 0) is 14.8 Å². The molecule has 0 aliphatic heterocycles. The summed E-state index contributed by atoms with van der Waals surface area (Å²) < 4.78 is 32.7. The third-order valence-corrected chi connectivity index (χ3v) is 5.07. The quantitative estimate of drug-likeness (QED) is 0.783. The van der Waals surface area contributed by atoms with E-state index in [-0.39, 0.29) is 10.8 Å². The smallest absolute Gasteiger partial charge is 0.241 e. The Labute approximate surface area is 138 Å². The lowest BCUT2D eigenvalue weighted by molar-refractivity contribution is -0.132. The molecule has 0 spiro atoms. The van der Waals surface area contributed by atoms with Crippen LogP contribution in [0.5, 0.6) is 5.75 Å². The Morgan fingerprint density at radius 2 is 1.87 bits per heavy atom. The van der Waals surface area contributed by atoms with E-state index in [0.29, 0.717) is 25.4 Å². The van der Waals surface area contributed by atoms with Gasteiger partial charge in [0.05, 0.1) is 17.5 Å². The number of benzene rings is 1. The zero-order valence-corrected chi connectivity index (χ0v) is 15.2. The second kappa shape index (κ2) is 8.31. The molecule has 0 aliphatic rings. The van der Waals surface area contributed by atoms with E-state index in [1.54, 1.807) is 30.9 Å². The van der Waals surface area contributed by atoms with Crippen LogP contribution in [0.25, 0.3) is 0 Å². The maximum Gasteiger partial charge on any atom is 0.241 e. The lowest BCUT2D eigenvalue weighted by atomic mass is 10.2. The second-order valence-electron chi connectivity index (χ2n) is 5.21. The summed E-state index contributed by atoms with van der Waals surface area (Å²) in [5.74, 6) is 0.417. The highest BCUT2D eigenvalue weighted by Crippen LogP contribution is 2.22. The van der Waals surface area contributed by atoms with E-state index >= 15 is 0 Å². The van der Waals surface area contributed by atoms with E-state index in [1.807, 2.05) is 20.8 Å². The van der Waals surface area contributed by atoms with Gasteiger partial charge >= 0.3 is 0 Å². The zero-order valence-electron chi connectivity index (χ0n) is 14.4. The number of carbonyl (C=O) groups is 1. The van der Waals surface area contributed by atoms with Gasteiger partial charge < -0.3 is 9.64 Å². The minimum atomic E-state index is -3.76. The van der Waals surface area contributed by atoms with Gasteiger partial charge in [-0.15, -0.1) is 0 Å². The summed E-state index contributed by atoms with van der Waals surface area (Å²) in [6.45, 7) is 10.5. The van der Waals surface area contributed by atoms with Crippen LogP contribution in [-0.4, -0.2) is 45.0 Å². The normalized spacial score (nSPS) is 12.7. The molecule has 0 aromatic heterocycles. The minimum absolute atomic E-state index is 0.123. The molecule has 0 bridgehead atoms. The number of amides is 1. The molecule has 0 saturated carbocycles. The average Bonchev–Trinajstić information content (AvgIpc) is 2.50. The third-order valence-electron chi connectivity index (χ3n) is 3.53. The maximum atomic E-state index is 12.4. The molecule has 1 N–H and O–H groups in total. The molecule has 0 radical (unpaired) electrons. The number of likely N-dealkylation sites (N-methyl/N-ethyl adjacent to an activating group) is 1. The van der Waals surface area contributed by atoms with Gasteiger partial charge in [0.25, 0.3) is 0 Å². The maximum absolute atomic E-state index is 12.4. The first-order chi connectivity index (χ1) is 10.8. The summed E-state index contributed by atoms with van der Waals surface area (Å²) in [5.41, 5.74) is 0.734. The first kappa shape index (κ1) is 19.4. The highest BCUT2D eigenvalue weighted by molar-refractivity contribution is 7.89. The fraction of sp³-hybridized carbons (Fsp3) is 0.562. The van der Waals surface area contributed by atoms with E-state index in [4.69, 9.17) is 4.74 Å². The summed E-state index contributed by atoms with van der Waals surface area (Å²) in [7, 11) is -3.76. The van der Waals surface area contributed by atoms with Gasteiger partial charge in [0, 0.05) is 13.1 Å². The molecular weight excluding hydrogens is 316 g/mol. The Bertz CT molecular complexity index is 639. The van der Waals surface area contributed by atoms with Gasteiger partial charge in [0.2, 0.25) is 15.9 Å². The first-order valence-electron chi connectivity index (χ1n) is 7.81. The van der Waals surface area contributed by atoms with Crippen molar-refractivity contribution in [3.63, 3.8) is 0 Å². The van der Waals surface area contributed by atoms with Crippen LogP contribution >= 0.6 is 0 Å². The monoisotopic (exact) mass is 342 g/mol. The summed E-state index contributed by atoms with van der Waals surface area (Å²) >= 11 is 0. The molecule has 23 heavy (non-hydrogen) atoms. The van der Waals surface area contributed by atoms with Crippen molar-refractivity contribution in [1.82, 2.24) is 9.62 Å². The lowest BCUT2D eigenvalue weighted by Crippen LogP contribution is -2.46. The number of carbonyl (C=O) groups excluding carboxylic acids is 1. The summed E-state index contributed by atoms with van der Waals surface area (Å²) in [5, 5.41) is 0. The molecule has 1 atom stereocenters. The lowest BCUT2D eigenvalue weighted by Gasteiger charge is -2.23. The number of nitrogens with one attached hydrogen (secondary N) is 1. The Morgan fingerprint density at radius 3 is 2.35 bits per heavy atom. The molecular formula is C16H26N2O4S. The Morgan fingerprint density at radius 1 is 1.26 bits per heavy atom. The number of aryl methyl sites for hydroxylation is 1. The summed E-state index contributed by atoms with van der Waals surface area (Å²) in [6.07, 6.45) is 0. The zero-order chi connectivity index (χ0) is 17.6. The highest BCUT2D eigenvalue weighted by atomic mass is 32.2. The van der Waals surface area contributed by atoms with Crippen LogP contribution in [0, 0.1) is 6.92 Å². The second-order valence-corrected chi connectivity index (χ2v) is 6.93. The average molecular weight is 342 g/mol. The molecule has 6 nitrogen and oxygen atoms in total. The standard InChI is InChI=1S/C16H26N2O4S/c1-6-18(7-2)16(19)13(5)17-23(20,21)14-9-10-15(22-8-3)12(4)11-14/h9-11,13,17H,6-8H2,1-5H3/t13-/m0/s1. The number of sulfonamides is 1. The van der Waals surface area contributed by atoms with Gasteiger partial charge in [0.1, 0.15) is 5.75 Å². The van der Waals surface area contributed by atoms with Crippen LogP contribution < -0.4 is 9.46 Å². The van der Waals surface area contributed by atoms with Gasteiger partial charge in [0.15, 0.2) is 0 Å². The third kappa shape index (κ3) is 4.94. The van der Waals surface area contributed by atoms with Gasteiger partial charge in [-0.2, -0.15) is 4.72 Å². The Hall–Kier alpha value is -1.60. The molecule has 0 aliphatic carbocycles. The van der Waals surface area contributed by atoms with Gasteiger partial charge in [-0.1, -0.05) is 0 Å². The molecule has 0 unspecified atom stereocenters. The highest BCUT2D eigenvalue weighted by Gasteiger charge is 2.25. The van der Waals surface area contributed by atoms with Crippen LogP contribution in [0.4, 0.5) is 0 Å². The van der Waals surface area contributed by atoms with Gasteiger partial charge in [-0.05, 0) is 58.4 Å². The van der Waals surface area contributed by atoms with Crippen molar-refractivity contribution in [2.45, 2.75) is 45.6 Å². The fourth-order valence-electron chi connectivity index (χ4n) is 2.27. The summed E-state index contributed by atoms with van der Waals surface area (Å²) in [4.78, 5) is 13.9. The number of hydrogen-bond donors (Lipinski definition) is 1. The first-order valence-corrected chi connectivity index (χ1v) is 9.29. The van der Waals surface area contributed by atoms with Crippen LogP contribution in [0.2, 0.25) is 0 Å². The predicted octanol–water partition coefficient (Wildman–Crippen LogP) is 1.93. The Balaban J connectivity index is 2.95. The van der Waals surface area contributed by atoms with Crippen LogP contribution in [0.1, 0.15) is 33.3 Å². The van der Waals surface area contributed by atoms with Gasteiger partial charge in [-0.25, -0.2) is 8.42 Å². The molecule has 1 amide bonds. The van der Waals surface area contributed by atoms with Crippen LogP contribution in [0.15, 0.2) is 23.1 Å². The largest absolute Gasteiger partial charge is 0.494 e. The van der Waals surface area contributed by atoms with Gasteiger partial charge in [-0.3, -0.25) is 4.79 Å². The molecule has 1 rings (SSSR count). The van der Waals surface area contributed by atoms with E-state index < -0.39 is 16.1 Å². The van der Waals surface area contributed by atoms with Crippen molar-refractivity contribution in [2.75, 3.05) is 19.7 Å². The molecule has 7 heteroatoms. The number of ether oxygens (including phenoxy) is 1. The van der Waals surface area contributed by atoms with Crippen LogP contribution in [0.3, 0.4) is 0 Å². The molecule has 1 aromatic rings. The SMILES string of the molecule is CCOc1ccc(S(=O)(=O)N[C@@H](C)C(=O)N(CC)CC)cc1C.